The number of halogens is 5. The second kappa shape index (κ2) is 22.4. The Hall–Kier alpha value is -6.84. The van der Waals surface area contributed by atoms with E-state index in [-0.39, 0.29) is 104 Å². The number of nitrogens with zero attached hydrogens (tertiary/aromatic N) is 11. The third kappa shape index (κ3) is 11.2. The highest BCUT2D eigenvalue weighted by atomic mass is 32.1. The van der Waals surface area contributed by atoms with E-state index < -0.39 is 46.7 Å². The lowest BCUT2D eigenvalue weighted by molar-refractivity contribution is -0.144. The molecule has 454 valence electrons. The number of likely N-dealkylation sites (tertiary alicyclic amines) is 2. The lowest BCUT2D eigenvalue weighted by Gasteiger charge is -2.34. The molecule has 5 fully saturated rings. The number of ether oxygens (including phenoxy) is 2. The molecule has 8 aromatic rings. The van der Waals surface area contributed by atoms with Gasteiger partial charge in [0.25, 0.3) is 5.92 Å². The maximum Gasteiger partial charge on any atom is 0.417 e. The van der Waals surface area contributed by atoms with Gasteiger partial charge in [0.05, 0.1) is 80.1 Å². The van der Waals surface area contributed by atoms with Crippen LogP contribution >= 0.6 is 22.7 Å². The van der Waals surface area contributed by atoms with Crippen LogP contribution in [-0.2, 0) is 33.7 Å². The molecule has 10 heterocycles. The fraction of sp³-hybridized carbons (Fsp3) is 0.517. The van der Waals surface area contributed by atoms with Crippen molar-refractivity contribution < 1.29 is 46.1 Å². The van der Waals surface area contributed by atoms with E-state index in [2.05, 4.69) is 50.9 Å². The number of carbonyl (C=O) groups excluding carboxylic acids is 2. The van der Waals surface area contributed by atoms with Crippen LogP contribution < -0.4 is 20.3 Å². The van der Waals surface area contributed by atoms with Gasteiger partial charge >= 0.3 is 12.2 Å². The van der Waals surface area contributed by atoms with E-state index in [0.29, 0.717) is 83.0 Å². The number of carbonyl (C=O) groups is 2. The molecular weight excluding hydrogens is 1160 g/mol. The van der Waals surface area contributed by atoms with Gasteiger partial charge in [0.1, 0.15) is 35.0 Å². The molecular formula is C60H67F5N14O5S2. The Morgan fingerprint density at radius 1 is 0.977 bits per heavy atom. The summed E-state index contributed by atoms with van der Waals surface area (Å²) in [4.78, 5) is 54.1. The number of fused-ring (bicyclic) bond motifs is 6. The Morgan fingerprint density at radius 3 is 2.43 bits per heavy atom. The fourth-order valence-corrected chi connectivity index (χ4v) is 15.3. The van der Waals surface area contributed by atoms with Gasteiger partial charge in [-0.2, -0.15) is 28.2 Å². The highest BCUT2D eigenvalue weighted by Gasteiger charge is 2.72. The van der Waals surface area contributed by atoms with E-state index >= 15 is 8.78 Å². The predicted octanol–water partition coefficient (Wildman–Crippen LogP) is 9.27. The van der Waals surface area contributed by atoms with Crippen LogP contribution in [0.3, 0.4) is 0 Å². The molecule has 6 aromatic heterocycles. The number of piperidine rings is 1. The average molecular weight is 1220 g/mol. The van der Waals surface area contributed by atoms with Gasteiger partial charge in [-0.05, 0) is 92.8 Å². The Labute approximate surface area is 500 Å². The first kappa shape index (κ1) is 58.2. The third-order valence-corrected chi connectivity index (χ3v) is 20.0. The second-order valence-electron chi connectivity index (χ2n) is 25.2. The first-order valence-corrected chi connectivity index (χ1v) is 30.9. The lowest BCUT2D eigenvalue weighted by Crippen LogP contribution is -2.51. The van der Waals surface area contributed by atoms with Gasteiger partial charge in [0, 0.05) is 80.2 Å². The summed E-state index contributed by atoms with van der Waals surface area (Å²) in [6.45, 7) is 12.1. The van der Waals surface area contributed by atoms with Crippen molar-refractivity contribution in [2.45, 2.75) is 129 Å². The lowest BCUT2D eigenvalue weighted by atomic mass is 9.85. The average Bonchev–Trinajstić information content (AvgIpc) is 1.56. The maximum absolute atomic E-state index is 15.7. The van der Waals surface area contributed by atoms with Crippen LogP contribution in [0.25, 0.3) is 52.9 Å². The zero-order chi connectivity index (χ0) is 60.0. The predicted molar refractivity (Wildman–Crippen MR) is 315 cm³/mol. The number of aryl methyl sites for hydroxylation is 2. The molecule has 19 nitrogen and oxygen atoms in total. The molecule has 1 aliphatic carbocycles. The zero-order valence-electron chi connectivity index (χ0n) is 48.3. The van der Waals surface area contributed by atoms with Gasteiger partial charge < -0.3 is 39.9 Å². The molecule has 5 aliphatic rings. The minimum absolute atomic E-state index is 0.000991. The number of aromatic amines is 1. The van der Waals surface area contributed by atoms with Gasteiger partial charge in [0.2, 0.25) is 11.8 Å². The molecule has 0 radical (unpaired) electrons. The number of anilines is 1. The first-order chi connectivity index (χ1) is 41.1. The highest BCUT2D eigenvalue weighted by Crippen LogP contribution is 2.61. The van der Waals surface area contributed by atoms with Crippen LogP contribution in [0.4, 0.5) is 27.8 Å². The molecule has 0 spiro atoms. The number of H-pyrrole nitrogens is 1. The normalized spacial score (nSPS) is 23.1. The number of aromatic nitrogens is 9. The topological polar surface area (TPSA) is 218 Å². The summed E-state index contributed by atoms with van der Waals surface area (Å²) in [7, 11) is 0. The minimum atomic E-state index is -4.70. The number of β-amino-alcohol motifs (C(OH)–C–C–N with tert-alkyl or cyclic N) is 1. The molecule has 2 bridgehead atoms. The van der Waals surface area contributed by atoms with Crippen molar-refractivity contribution >= 4 is 71.5 Å². The highest BCUT2D eigenvalue weighted by molar-refractivity contribution is 7.26. The third-order valence-electron chi connectivity index (χ3n) is 17.9. The molecule has 2 amide bonds. The van der Waals surface area contributed by atoms with Crippen LogP contribution in [0.1, 0.15) is 93.4 Å². The molecule has 6 atom stereocenters. The number of hydrogen-bond donors (Lipinski definition) is 4. The van der Waals surface area contributed by atoms with Crippen LogP contribution in [0.15, 0.2) is 60.5 Å². The van der Waals surface area contributed by atoms with Gasteiger partial charge in [-0.25, -0.2) is 18.4 Å². The second-order valence-corrected chi connectivity index (χ2v) is 27.0. The van der Waals surface area contributed by atoms with E-state index in [1.54, 1.807) is 23.6 Å². The van der Waals surface area contributed by atoms with Crippen LogP contribution in [0.5, 0.6) is 6.01 Å². The SMILES string of the molecule is Cc1cc2[nH]ncc2c(-c2nccc3c2sc2nc(OC[C@@]4(CN5CCC(COCc6cn(C(C(=O)N7C[C@H](O)C[C@H]7C(=O)NCc7ccc(-c8scnc8C)cc7)C(C)(C)C)nn6)CC5)CC4(F)F)nc(N4CC5CCC(C4)N5)c23)c1C(F)(F)F. The molecule has 4 N–H and O–H groups in total. The van der Waals surface area contributed by atoms with Crippen molar-refractivity contribution in [2.24, 2.45) is 16.7 Å². The van der Waals surface area contributed by atoms with E-state index in [4.69, 9.17) is 19.4 Å². The zero-order valence-corrected chi connectivity index (χ0v) is 49.9. The molecule has 4 saturated heterocycles. The molecule has 1 saturated carbocycles. The van der Waals surface area contributed by atoms with Crippen molar-refractivity contribution in [1.29, 1.82) is 0 Å². The number of aliphatic hydroxyl groups excluding tert-OH is 1. The van der Waals surface area contributed by atoms with Crippen LogP contribution in [0.2, 0.25) is 0 Å². The number of amides is 2. The summed E-state index contributed by atoms with van der Waals surface area (Å²) in [6, 6.07) is 9.71. The Bertz CT molecular complexity index is 3840. The number of alkyl halides is 5. The Balaban J connectivity index is 0.643. The largest absolute Gasteiger partial charge is 0.462 e. The number of benzene rings is 2. The molecule has 2 aromatic carbocycles. The molecule has 26 heteroatoms. The Morgan fingerprint density at radius 2 is 1.73 bits per heavy atom. The Kier molecular flexibility index (Phi) is 15.2. The van der Waals surface area contributed by atoms with Crippen molar-refractivity contribution in [3.63, 3.8) is 0 Å². The summed E-state index contributed by atoms with van der Waals surface area (Å²) < 4.78 is 90.8. The summed E-state index contributed by atoms with van der Waals surface area (Å²) in [5.74, 6) is -3.00. The van der Waals surface area contributed by atoms with Crippen molar-refractivity contribution in [3.05, 3.63) is 88.6 Å². The summed E-state index contributed by atoms with van der Waals surface area (Å²) in [5, 5.41) is 34.6. The number of nitrogens with one attached hydrogen (secondary N) is 3. The van der Waals surface area contributed by atoms with Gasteiger partial charge in [0.15, 0.2) is 0 Å². The number of piperazine rings is 1. The summed E-state index contributed by atoms with van der Waals surface area (Å²) in [6.07, 6.45) is 2.12. The molecule has 13 rings (SSSR count). The quantitative estimate of drug-likeness (QED) is 0.0625. The van der Waals surface area contributed by atoms with Gasteiger partial charge in [-0.15, -0.1) is 27.8 Å². The van der Waals surface area contributed by atoms with E-state index in [0.717, 1.165) is 34.5 Å². The summed E-state index contributed by atoms with van der Waals surface area (Å²) in [5.41, 5.74) is 2.79. The number of aliphatic hydroxyl groups is 1. The standard InChI is InChI=1S/C60H67F5N14O5S2/c1-32-18-43-42(21-69-74-43)45(47(32)60(63,64)65)48-50-41(12-15-66-48)46-52(77-22-37-10-11-38(23-77)70-37)71-56(72-54(46)86-50)84-30-58(28-59(58,61)62)29-76-16-13-35(14-17-76)26-83-27-39-24-79(75-73-39)51(57(3,4)5)55(82)78-25-40(80)19-44(78)53(81)67-20-34-6-8-36(9-7-34)49-33(2)68-31-85-49/h6-9,12,15,18,21,24,31,35,37-38,40,44,51,70,80H,10-11,13-14,16-17,19-20,22-23,25-30H2,1-5H3,(H,67,81)(H,69,74)/t37?,38?,40-,44+,51?,58+/m1/s1. The number of thiazole rings is 1. The van der Waals surface area contributed by atoms with E-state index in [1.807, 2.05) is 57.5 Å². The fourth-order valence-electron chi connectivity index (χ4n) is 13.4. The smallest absolute Gasteiger partial charge is 0.417 e. The molecule has 4 aliphatic heterocycles. The van der Waals surface area contributed by atoms with Crippen molar-refractivity contribution in [1.82, 2.24) is 65.6 Å². The van der Waals surface area contributed by atoms with Crippen molar-refractivity contribution in [3.8, 4) is 27.7 Å². The number of thiophene rings is 1. The van der Waals surface area contributed by atoms with Crippen LogP contribution in [0, 0.1) is 30.6 Å². The van der Waals surface area contributed by atoms with Crippen LogP contribution in [-0.4, -0.2) is 154 Å². The summed E-state index contributed by atoms with van der Waals surface area (Å²) >= 11 is 2.75. The maximum atomic E-state index is 15.7. The number of rotatable bonds is 17. The van der Waals surface area contributed by atoms with E-state index in [9.17, 15) is 27.9 Å². The number of hydrogen-bond acceptors (Lipinski definition) is 17. The van der Waals surface area contributed by atoms with Gasteiger partial charge in [-0.1, -0.05) is 50.3 Å². The minimum Gasteiger partial charge on any atom is -0.462 e. The number of pyridine rings is 1. The van der Waals surface area contributed by atoms with Gasteiger partial charge in [-0.3, -0.25) is 19.7 Å². The molecule has 86 heavy (non-hydrogen) atoms. The van der Waals surface area contributed by atoms with Crippen molar-refractivity contribution in [2.75, 3.05) is 57.4 Å². The monoisotopic (exact) mass is 1220 g/mol. The van der Waals surface area contributed by atoms with E-state index in [1.165, 1.54) is 46.3 Å². The molecule has 3 unspecified atom stereocenters. The first-order valence-electron chi connectivity index (χ1n) is 29.2.